The molecule has 7 heteroatoms. The number of halogens is 1. The Labute approximate surface area is 134 Å². The second kappa shape index (κ2) is 7.23. The molecule has 2 aromatic carbocycles. The highest BCUT2D eigenvalue weighted by Crippen LogP contribution is 2.27. The van der Waals surface area contributed by atoms with Gasteiger partial charge in [0.05, 0.1) is 22.1 Å². The summed E-state index contributed by atoms with van der Waals surface area (Å²) in [6, 6.07) is 10.8. The van der Waals surface area contributed by atoms with Gasteiger partial charge in [0.2, 0.25) is 9.84 Å². The summed E-state index contributed by atoms with van der Waals surface area (Å²) in [5.74, 6) is -1.00. The minimum atomic E-state index is -3.83. The van der Waals surface area contributed by atoms with E-state index >= 15 is 0 Å². The van der Waals surface area contributed by atoms with Crippen LogP contribution in [0.1, 0.15) is 6.92 Å². The molecule has 2 rings (SSSR count). The molecule has 0 aliphatic heterocycles. The van der Waals surface area contributed by atoms with Crippen molar-refractivity contribution in [3.63, 3.8) is 0 Å². The van der Waals surface area contributed by atoms with Crippen LogP contribution in [0.2, 0.25) is 0 Å². The van der Waals surface area contributed by atoms with Gasteiger partial charge in [0.15, 0.2) is 0 Å². The van der Waals surface area contributed by atoms with Gasteiger partial charge in [-0.05, 0) is 43.3 Å². The lowest BCUT2D eigenvalue weighted by Gasteiger charge is -2.12. The molecular formula is C16H16FNO4S. The smallest absolute Gasteiger partial charge is 0.325 e. The van der Waals surface area contributed by atoms with Crippen LogP contribution >= 0.6 is 0 Å². The number of rotatable bonds is 6. The van der Waals surface area contributed by atoms with Crippen molar-refractivity contribution in [1.29, 1.82) is 0 Å². The number of hydrogen-bond donors (Lipinski definition) is 1. The molecule has 0 amide bonds. The largest absolute Gasteiger partial charge is 0.465 e. The van der Waals surface area contributed by atoms with Crippen LogP contribution in [-0.2, 0) is 19.4 Å². The zero-order valence-corrected chi connectivity index (χ0v) is 13.3. The summed E-state index contributed by atoms with van der Waals surface area (Å²) in [5, 5.41) is 2.76. The van der Waals surface area contributed by atoms with Gasteiger partial charge in [-0.15, -0.1) is 0 Å². The van der Waals surface area contributed by atoms with Crippen molar-refractivity contribution >= 4 is 21.5 Å². The number of ether oxygens (including phenoxy) is 1. The molecule has 23 heavy (non-hydrogen) atoms. The van der Waals surface area contributed by atoms with Crippen LogP contribution in [0.15, 0.2) is 58.3 Å². The Kier molecular flexibility index (Phi) is 5.33. The first-order chi connectivity index (χ1) is 10.9. The van der Waals surface area contributed by atoms with E-state index in [1.54, 1.807) is 25.1 Å². The van der Waals surface area contributed by atoms with E-state index in [2.05, 4.69) is 5.32 Å². The number of esters is 1. The van der Waals surface area contributed by atoms with Gasteiger partial charge in [0.1, 0.15) is 12.4 Å². The maximum Gasteiger partial charge on any atom is 0.325 e. The van der Waals surface area contributed by atoms with Crippen LogP contribution < -0.4 is 5.32 Å². The monoisotopic (exact) mass is 337 g/mol. The molecular weight excluding hydrogens is 321 g/mol. The lowest BCUT2D eigenvalue weighted by atomic mass is 10.3. The zero-order chi connectivity index (χ0) is 16.9. The summed E-state index contributed by atoms with van der Waals surface area (Å²) in [6.45, 7) is 1.78. The first kappa shape index (κ1) is 17.0. The van der Waals surface area contributed by atoms with Gasteiger partial charge >= 0.3 is 5.97 Å². The minimum absolute atomic E-state index is 0.0101. The lowest BCUT2D eigenvalue weighted by Crippen LogP contribution is -2.18. The molecule has 0 heterocycles. The molecule has 0 spiro atoms. The number of carbonyl (C=O) groups is 1. The van der Waals surface area contributed by atoms with Gasteiger partial charge in [-0.2, -0.15) is 0 Å². The fourth-order valence-corrected chi connectivity index (χ4v) is 3.40. The fourth-order valence-electron chi connectivity index (χ4n) is 1.97. The third-order valence-electron chi connectivity index (χ3n) is 3.03. The summed E-state index contributed by atoms with van der Waals surface area (Å²) in [5.41, 5.74) is 0.282. The van der Waals surface area contributed by atoms with Crippen molar-refractivity contribution < 1.29 is 22.3 Å². The van der Waals surface area contributed by atoms with Gasteiger partial charge in [0, 0.05) is 0 Å². The molecule has 2 aromatic rings. The number of nitrogens with one attached hydrogen (secondary N) is 1. The quantitative estimate of drug-likeness (QED) is 0.648. The van der Waals surface area contributed by atoms with Crippen molar-refractivity contribution in [2.45, 2.75) is 16.7 Å². The third kappa shape index (κ3) is 4.07. The molecule has 0 aliphatic rings. The lowest BCUT2D eigenvalue weighted by molar-refractivity contribution is -0.140. The van der Waals surface area contributed by atoms with Crippen molar-refractivity contribution in [2.75, 3.05) is 18.5 Å². The Morgan fingerprint density at radius 1 is 1.13 bits per heavy atom. The van der Waals surface area contributed by atoms with Gasteiger partial charge in [-0.25, -0.2) is 12.8 Å². The summed E-state index contributed by atoms with van der Waals surface area (Å²) >= 11 is 0. The number of sulfone groups is 1. The normalized spacial score (nSPS) is 11.0. The van der Waals surface area contributed by atoms with Crippen LogP contribution in [0.25, 0.3) is 0 Å². The molecule has 0 aliphatic carbocycles. The van der Waals surface area contributed by atoms with E-state index < -0.39 is 21.6 Å². The molecule has 0 bridgehead atoms. The molecule has 1 N–H and O–H groups in total. The number of anilines is 1. The van der Waals surface area contributed by atoms with Crippen LogP contribution in [0.3, 0.4) is 0 Å². The van der Waals surface area contributed by atoms with E-state index in [0.29, 0.717) is 0 Å². The number of para-hydroxylation sites is 1. The highest BCUT2D eigenvalue weighted by molar-refractivity contribution is 7.91. The highest BCUT2D eigenvalue weighted by atomic mass is 32.2. The Hall–Kier alpha value is -2.41. The van der Waals surface area contributed by atoms with Gasteiger partial charge in [0.25, 0.3) is 0 Å². The third-order valence-corrected chi connectivity index (χ3v) is 4.86. The molecule has 0 atom stereocenters. The van der Waals surface area contributed by atoms with Gasteiger partial charge in [-0.3, -0.25) is 4.79 Å². The number of benzene rings is 2. The minimum Gasteiger partial charge on any atom is -0.465 e. The van der Waals surface area contributed by atoms with Crippen molar-refractivity contribution in [3.8, 4) is 0 Å². The molecule has 0 saturated carbocycles. The number of carbonyl (C=O) groups excluding carboxylic acids is 1. The van der Waals surface area contributed by atoms with Crippen LogP contribution in [0, 0.1) is 5.82 Å². The van der Waals surface area contributed by atoms with E-state index in [9.17, 15) is 17.6 Å². The van der Waals surface area contributed by atoms with Gasteiger partial charge in [-0.1, -0.05) is 12.1 Å². The second-order valence-corrected chi connectivity index (χ2v) is 6.53. The highest BCUT2D eigenvalue weighted by Gasteiger charge is 2.21. The second-order valence-electron chi connectivity index (χ2n) is 4.61. The topological polar surface area (TPSA) is 72.5 Å². The van der Waals surface area contributed by atoms with Gasteiger partial charge < -0.3 is 10.1 Å². The molecule has 0 radical (unpaired) electrons. The average Bonchev–Trinajstić information content (AvgIpc) is 2.54. The van der Waals surface area contributed by atoms with Crippen molar-refractivity contribution in [2.24, 2.45) is 0 Å². The molecule has 0 fully saturated rings. The van der Waals surface area contributed by atoms with E-state index in [0.717, 1.165) is 12.1 Å². The molecule has 0 saturated heterocycles. The van der Waals surface area contributed by atoms with Crippen molar-refractivity contribution in [1.82, 2.24) is 0 Å². The van der Waals surface area contributed by atoms with E-state index in [-0.39, 0.29) is 28.6 Å². The first-order valence-corrected chi connectivity index (χ1v) is 8.42. The Bertz CT molecular complexity index is 788. The Morgan fingerprint density at radius 3 is 2.43 bits per heavy atom. The summed E-state index contributed by atoms with van der Waals surface area (Å²) in [7, 11) is -3.83. The Morgan fingerprint density at radius 2 is 1.78 bits per heavy atom. The zero-order valence-electron chi connectivity index (χ0n) is 12.5. The van der Waals surface area contributed by atoms with E-state index in [1.807, 2.05) is 0 Å². The molecule has 0 aromatic heterocycles. The standard InChI is InChI=1S/C16H16FNO4S/c1-2-22-16(19)11-18-14-5-3-4-6-15(14)23(20,21)13-9-7-12(17)8-10-13/h3-10,18H,2,11H2,1H3. The molecule has 5 nitrogen and oxygen atoms in total. The maximum absolute atomic E-state index is 13.0. The van der Waals surface area contributed by atoms with Crippen LogP contribution in [0.4, 0.5) is 10.1 Å². The number of hydrogen-bond acceptors (Lipinski definition) is 5. The van der Waals surface area contributed by atoms with Crippen LogP contribution in [-0.4, -0.2) is 27.5 Å². The predicted octanol–water partition coefficient (Wildman–Crippen LogP) is 2.63. The Balaban J connectivity index is 2.32. The summed E-state index contributed by atoms with van der Waals surface area (Å²) in [4.78, 5) is 11.4. The van der Waals surface area contributed by atoms with E-state index in [4.69, 9.17) is 4.74 Å². The van der Waals surface area contributed by atoms with Crippen molar-refractivity contribution in [3.05, 3.63) is 54.3 Å². The summed E-state index contributed by atoms with van der Waals surface area (Å²) < 4.78 is 43.1. The maximum atomic E-state index is 13.0. The fraction of sp³-hybridized carbons (Fsp3) is 0.188. The average molecular weight is 337 g/mol. The first-order valence-electron chi connectivity index (χ1n) is 6.94. The molecule has 0 unspecified atom stereocenters. The van der Waals surface area contributed by atoms with E-state index in [1.165, 1.54) is 18.2 Å². The van der Waals surface area contributed by atoms with Crippen LogP contribution in [0.5, 0.6) is 0 Å². The summed E-state index contributed by atoms with van der Waals surface area (Å²) in [6.07, 6.45) is 0. The SMILES string of the molecule is CCOC(=O)CNc1ccccc1S(=O)(=O)c1ccc(F)cc1. The predicted molar refractivity (Wildman–Crippen MR) is 83.4 cm³/mol. The molecule has 122 valence electrons.